The summed E-state index contributed by atoms with van der Waals surface area (Å²) in [4.78, 5) is 40.5. The van der Waals surface area contributed by atoms with Crippen LogP contribution in [0.4, 0.5) is 0 Å². The maximum Gasteiger partial charge on any atom is 0.274 e. The Labute approximate surface area is 172 Å². The molecule has 2 N–H and O–H groups in total. The van der Waals surface area contributed by atoms with Gasteiger partial charge in [-0.05, 0) is 25.0 Å². The summed E-state index contributed by atoms with van der Waals surface area (Å²) in [6, 6.07) is 0. The van der Waals surface area contributed by atoms with Gasteiger partial charge in [0.15, 0.2) is 5.69 Å². The van der Waals surface area contributed by atoms with Crippen LogP contribution in [0.25, 0.3) is 0 Å². The second-order valence-electron chi connectivity index (χ2n) is 8.38. The molecule has 0 aliphatic carbocycles. The standard InChI is InChI=1S/C19H24N6O3S/c26-15-2-1-13(20-22-15)17(27)24-6-4-19(5-7-24)10-25(11-19)18(28)16-12-3-8-29-9-14(12)21-23-16/h1-11H2,(H,21,23)(H,22,26). The lowest BCUT2D eigenvalue weighted by Crippen LogP contribution is -2.62. The minimum atomic E-state index is -0.143. The lowest BCUT2D eigenvalue weighted by Gasteiger charge is -2.53. The predicted molar refractivity (Wildman–Crippen MR) is 107 cm³/mol. The fraction of sp³-hybridized carbons (Fsp3) is 0.632. The molecule has 0 atom stereocenters. The zero-order chi connectivity index (χ0) is 20.0. The first-order valence-corrected chi connectivity index (χ1v) is 11.3. The number of hydrazone groups is 1. The molecule has 0 radical (unpaired) electrons. The molecule has 1 aromatic rings. The number of hydrogen-bond donors (Lipinski definition) is 2. The molecule has 29 heavy (non-hydrogen) atoms. The van der Waals surface area contributed by atoms with Gasteiger partial charge in [0, 0.05) is 61.4 Å². The summed E-state index contributed by atoms with van der Waals surface area (Å²) in [7, 11) is 0. The zero-order valence-electron chi connectivity index (χ0n) is 16.2. The van der Waals surface area contributed by atoms with Gasteiger partial charge in [0.1, 0.15) is 5.71 Å². The lowest BCUT2D eigenvalue weighted by atomic mass is 9.71. The number of thioether (sulfide) groups is 1. The zero-order valence-corrected chi connectivity index (χ0v) is 17.0. The van der Waals surface area contributed by atoms with E-state index in [9.17, 15) is 14.4 Å². The Kier molecular flexibility index (Phi) is 4.60. The highest BCUT2D eigenvalue weighted by Gasteiger charge is 2.48. The van der Waals surface area contributed by atoms with Gasteiger partial charge in [0.25, 0.3) is 11.8 Å². The predicted octanol–water partition coefficient (Wildman–Crippen LogP) is 0.530. The third-order valence-electron chi connectivity index (χ3n) is 6.50. The van der Waals surface area contributed by atoms with Crippen molar-refractivity contribution in [1.82, 2.24) is 25.4 Å². The molecule has 0 saturated carbocycles. The number of aromatic amines is 1. The van der Waals surface area contributed by atoms with Gasteiger partial charge in [-0.1, -0.05) is 0 Å². The molecular formula is C19H24N6O3S. The number of nitrogens with one attached hydrogen (secondary N) is 2. The van der Waals surface area contributed by atoms with Crippen LogP contribution in [0, 0.1) is 5.41 Å². The Morgan fingerprint density at radius 3 is 2.55 bits per heavy atom. The molecule has 10 heteroatoms. The van der Waals surface area contributed by atoms with Crippen LogP contribution in [0.3, 0.4) is 0 Å². The molecule has 1 spiro atoms. The van der Waals surface area contributed by atoms with Crippen LogP contribution in [-0.2, 0) is 21.8 Å². The van der Waals surface area contributed by atoms with Gasteiger partial charge in [-0.15, -0.1) is 0 Å². The maximum atomic E-state index is 12.9. The molecule has 2 fully saturated rings. The van der Waals surface area contributed by atoms with Crippen molar-refractivity contribution in [2.24, 2.45) is 10.5 Å². The average molecular weight is 417 g/mol. The molecule has 0 aromatic carbocycles. The Hall–Kier alpha value is -2.36. The van der Waals surface area contributed by atoms with E-state index in [1.165, 1.54) is 0 Å². The van der Waals surface area contributed by atoms with E-state index in [4.69, 9.17) is 0 Å². The first-order valence-electron chi connectivity index (χ1n) is 10.1. The van der Waals surface area contributed by atoms with Gasteiger partial charge in [0.05, 0.1) is 0 Å². The average Bonchev–Trinajstić information content (AvgIpc) is 3.16. The molecule has 9 nitrogen and oxygen atoms in total. The smallest absolute Gasteiger partial charge is 0.274 e. The van der Waals surface area contributed by atoms with Crippen LogP contribution in [0.15, 0.2) is 5.10 Å². The van der Waals surface area contributed by atoms with Crippen molar-refractivity contribution in [3.05, 3.63) is 17.0 Å². The monoisotopic (exact) mass is 416 g/mol. The Morgan fingerprint density at radius 2 is 1.83 bits per heavy atom. The highest BCUT2D eigenvalue weighted by molar-refractivity contribution is 7.98. The van der Waals surface area contributed by atoms with Gasteiger partial charge in [-0.3, -0.25) is 19.5 Å². The Balaban J connectivity index is 1.16. The maximum absolute atomic E-state index is 12.9. The summed E-state index contributed by atoms with van der Waals surface area (Å²) in [6.45, 7) is 2.81. The third kappa shape index (κ3) is 3.33. The van der Waals surface area contributed by atoms with Crippen LogP contribution in [0.1, 0.15) is 47.4 Å². The van der Waals surface area contributed by atoms with Crippen molar-refractivity contribution in [1.29, 1.82) is 0 Å². The molecule has 5 heterocycles. The molecule has 154 valence electrons. The van der Waals surface area contributed by atoms with E-state index in [0.29, 0.717) is 37.3 Å². The summed E-state index contributed by atoms with van der Waals surface area (Å²) in [5.74, 6) is 1.75. The largest absolute Gasteiger partial charge is 0.337 e. The molecule has 0 unspecified atom stereocenters. The van der Waals surface area contributed by atoms with E-state index in [-0.39, 0.29) is 23.1 Å². The minimum Gasteiger partial charge on any atom is -0.337 e. The summed E-state index contributed by atoms with van der Waals surface area (Å²) in [5, 5.41) is 11.3. The number of rotatable bonds is 2. The second kappa shape index (κ2) is 7.16. The van der Waals surface area contributed by atoms with Crippen LogP contribution < -0.4 is 5.43 Å². The number of H-pyrrole nitrogens is 1. The molecule has 1 aromatic heterocycles. The first-order chi connectivity index (χ1) is 14.0. The molecule has 4 aliphatic heterocycles. The van der Waals surface area contributed by atoms with Crippen LogP contribution in [-0.4, -0.2) is 75.4 Å². The van der Waals surface area contributed by atoms with Crippen molar-refractivity contribution >= 4 is 35.2 Å². The number of carbonyl (C=O) groups is 3. The first kappa shape index (κ1) is 18.7. The molecule has 4 aliphatic rings. The van der Waals surface area contributed by atoms with Crippen molar-refractivity contribution in [2.75, 3.05) is 31.9 Å². The second-order valence-corrected chi connectivity index (χ2v) is 9.48. The van der Waals surface area contributed by atoms with Crippen molar-refractivity contribution in [3.8, 4) is 0 Å². The number of hydrogen-bond acceptors (Lipinski definition) is 6. The molecule has 3 amide bonds. The van der Waals surface area contributed by atoms with Crippen LogP contribution in [0.2, 0.25) is 0 Å². The van der Waals surface area contributed by atoms with E-state index in [1.54, 1.807) is 0 Å². The van der Waals surface area contributed by atoms with Crippen molar-refractivity contribution in [3.63, 3.8) is 0 Å². The SMILES string of the molecule is O=C1CCC(C(=O)N2CCC3(CC2)CN(C(=O)c2n[nH]c4c2CCSC4)C3)=NN1. The van der Waals surface area contributed by atoms with E-state index in [2.05, 4.69) is 20.7 Å². The van der Waals surface area contributed by atoms with Gasteiger partial charge >= 0.3 is 0 Å². The fourth-order valence-corrected chi connectivity index (χ4v) is 5.62. The number of aromatic nitrogens is 2. The Morgan fingerprint density at radius 1 is 1.03 bits per heavy atom. The summed E-state index contributed by atoms with van der Waals surface area (Å²) >= 11 is 1.86. The fourth-order valence-electron chi connectivity index (χ4n) is 4.68. The van der Waals surface area contributed by atoms with E-state index in [1.807, 2.05) is 21.6 Å². The van der Waals surface area contributed by atoms with Crippen LogP contribution in [0.5, 0.6) is 0 Å². The van der Waals surface area contributed by atoms with Gasteiger partial charge in [0.2, 0.25) is 5.91 Å². The van der Waals surface area contributed by atoms with E-state index >= 15 is 0 Å². The number of fused-ring (bicyclic) bond motifs is 1. The van der Waals surface area contributed by atoms with Crippen LogP contribution >= 0.6 is 11.8 Å². The topological polar surface area (TPSA) is 111 Å². The number of amides is 3. The van der Waals surface area contributed by atoms with E-state index < -0.39 is 0 Å². The Bertz CT molecular complexity index is 894. The summed E-state index contributed by atoms with van der Waals surface area (Å²) in [5.41, 5.74) is 5.72. The number of piperidine rings is 1. The summed E-state index contributed by atoms with van der Waals surface area (Å²) < 4.78 is 0. The van der Waals surface area contributed by atoms with Crippen molar-refractivity contribution < 1.29 is 14.4 Å². The van der Waals surface area contributed by atoms with Crippen molar-refractivity contribution in [2.45, 2.75) is 37.9 Å². The third-order valence-corrected chi connectivity index (χ3v) is 7.49. The van der Waals surface area contributed by atoms with E-state index in [0.717, 1.165) is 55.1 Å². The lowest BCUT2D eigenvalue weighted by molar-refractivity contribution is -0.128. The van der Waals surface area contributed by atoms with Gasteiger partial charge in [-0.25, -0.2) is 5.43 Å². The molecule has 0 bridgehead atoms. The summed E-state index contributed by atoms with van der Waals surface area (Å²) in [6.07, 6.45) is 3.39. The number of carbonyl (C=O) groups excluding carboxylic acids is 3. The normalized spacial score (nSPS) is 23.2. The quantitative estimate of drug-likeness (QED) is 0.731. The molecule has 2 saturated heterocycles. The van der Waals surface area contributed by atoms with Gasteiger partial charge in [-0.2, -0.15) is 22.0 Å². The highest BCUT2D eigenvalue weighted by atomic mass is 32.2. The highest BCUT2D eigenvalue weighted by Crippen LogP contribution is 2.41. The molecular weight excluding hydrogens is 392 g/mol. The minimum absolute atomic E-state index is 0.0332. The van der Waals surface area contributed by atoms with Gasteiger partial charge < -0.3 is 9.80 Å². The number of likely N-dealkylation sites (tertiary alicyclic amines) is 2. The molecule has 5 rings (SSSR count). The number of nitrogens with zero attached hydrogens (tertiary/aromatic N) is 4.